The van der Waals surface area contributed by atoms with Gasteiger partial charge < -0.3 is 0 Å². The number of nitrogens with zero attached hydrogens (tertiary/aromatic N) is 1. The van der Waals surface area contributed by atoms with E-state index in [2.05, 4.69) is 15.3 Å². The Balaban J connectivity index is 2.61. The molecular weight excluding hydrogens is 143 g/mol. The number of anilines is 1. The molecule has 0 radical (unpaired) electrons. The van der Waals surface area contributed by atoms with Gasteiger partial charge in [-0.2, -0.15) is 4.39 Å². The summed E-state index contributed by atoms with van der Waals surface area (Å²) >= 11 is 0.898. The van der Waals surface area contributed by atoms with E-state index in [4.69, 9.17) is 0 Å². The predicted molar refractivity (Wildman–Crippen MR) is 32.7 cm³/mol. The normalized spacial score (nSPS) is 9.56. The minimum absolute atomic E-state index is 0.324. The SMILES string of the molecule is CONc1ncc(F)s1. The molecule has 0 atom stereocenters. The van der Waals surface area contributed by atoms with Crippen molar-refractivity contribution in [2.45, 2.75) is 0 Å². The largest absolute Gasteiger partial charge is 0.277 e. The van der Waals surface area contributed by atoms with E-state index < -0.39 is 0 Å². The highest BCUT2D eigenvalue weighted by atomic mass is 32.1. The highest BCUT2D eigenvalue weighted by molar-refractivity contribution is 7.13. The second kappa shape index (κ2) is 2.75. The maximum absolute atomic E-state index is 12.1. The summed E-state index contributed by atoms with van der Waals surface area (Å²) in [5.41, 5.74) is 2.40. The van der Waals surface area contributed by atoms with Crippen LogP contribution in [0.1, 0.15) is 0 Å². The number of hydrogen-bond donors (Lipinski definition) is 1. The molecule has 1 rings (SSSR count). The average Bonchev–Trinajstić information content (AvgIpc) is 2.17. The van der Waals surface area contributed by atoms with Gasteiger partial charge in [0.25, 0.3) is 0 Å². The van der Waals surface area contributed by atoms with Gasteiger partial charge in [0, 0.05) is 0 Å². The minimum atomic E-state index is -0.324. The van der Waals surface area contributed by atoms with Crippen LogP contribution < -0.4 is 5.48 Å². The highest BCUT2D eigenvalue weighted by Crippen LogP contribution is 2.14. The Morgan fingerprint density at radius 3 is 3.11 bits per heavy atom. The van der Waals surface area contributed by atoms with Crippen LogP contribution in [-0.2, 0) is 4.84 Å². The maximum Gasteiger partial charge on any atom is 0.209 e. The van der Waals surface area contributed by atoms with Crippen molar-refractivity contribution in [2.75, 3.05) is 12.6 Å². The van der Waals surface area contributed by atoms with E-state index in [9.17, 15) is 4.39 Å². The van der Waals surface area contributed by atoms with Gasteiger partial charge in [0.2, 0.25) is 5.13 Å². The van der Waals surface area contributed by atoms with Gasteiger partial charge in [0.05, 0.1) is 13.3 Å². The Hall–Kier alpha value is -0.680. The van der Waals surface area contributed by atoms with Crippen LogP contribution in [0.25, 0.3) is 0 Å². The van der Waals surface area contributed by atoms with Gasteiger partial charge in [-0.25, -0.2) is 10.5 Å². The summed E-state index contributed by atoms with van der Waals surface area (Å²) < 4.78 is 12.1. The fraction of sp³-hybridized carbons (Fsp3) is 0.250. The lowest BCUT2D eigenvalue weighted by atomic mass is 11.0. The van der Waals surface area contributed by atoms with Crippen molar-refractivity contribution in [1.82, 2.24) is 4.98 Å². The molecule has 9 heavy (non-hydrogen) atoms. The molecule has 1 heterocycles. The van der Waals surface area contributed by atoms with Crippen molar-refractivity contribution in [1.29, 1.82) is 0 Å². The van der Waals surface area contributed by atoms with Crippen molar-refractivity contribution >= 4 is 16.5 Å². The maximum atomic E-state index is 12.1. The van der Waals surface area contributed by atoms with Crippen molar-refractivity contribution in [3.8, 4) is 0 Å². The van der Waals surface area contributed by atoms with Gasteiger partial charge in [0.15, 0.2) is 5.13 Å². The first kappa shape index (κ1) is 6.44. The van der Waals surface area contributed by atoms with Crippen LogP contribution in [-0.4, -0.2) is 12.1 Å². The molecule has 0 aliphatic heterocycles. The van der Waals surface area contributed by atoms with Crippen LogP contribution in [0.3, 0.4) is 0 Å². The zero-order chi connectivity index (χ0) is 6.69. The third kappa shape index (κ3) is 1.62. The quantitative estimate of drug-likeness (QED) is 0.641. The van der Waals surface area contributed by atoms with E-state index >= 15 is 0 Å². The molecule has 50 valence electrons. The van der Waals surface area contributed by atoms with E-state index in [-0.39, 0.29) is 5.13 Å². The number of thiazole rings is 1. The number of halogens is 1. The van der Waals surface area contributed by atoms with Crippen molar-refractivity contribution in [2.24, 2.45) is 0 Å². The van der Waals surface area contributed by atoms with Gasteiger partial charge >= 0.3 is 0 Å². The van der Waals surface area contributed by atoms with E-state index in [0.717, 1.165) is 17.5 Å². The van der Waals surface area contributed by atoms with Crippen LogP contribution in [0, 0.1) is 5.13 Å². The summed E-state index contributed by atoms with van der Waals surface area (Å²) in [5, 5.41) is 0.101. The summed E-state index contributed by atoms with van der Waals surface area (Å²) in [6.07, 6.45) is 1.13. The molecule has 0 fully saturated rings. The third-order valence-corrected chi connectivity index (χ3v) is 1.35. The van der Waals surface area contributed by atoms with Gasteiger partial charge in [-0.05, 0) is 0 Å². The van der Waals surface area contributed by atoms with E-state index in [1.807, 2.05) is 0 Å². The molecule has 0 aliphatic carbocycles. The number of aromatic nitrogens is 1. The Kier molecular flexibility index (Phi) is 1.96. The van der Waals surface area contributed by atoms with Crippen LogP contribution in [0.15, 0.2) is 6.20 Å². The first-order valence-corrected chi connectivity index (χ1v) is 3.05. The van der Waals surface area contributed by atoms with Crippen molar-refractivity contribution in [3.05, 3.63) is 11.3 Å². The number of rotatable bonds is 2. The summed E-state index contributed by atoms with van der Waals surface area (Å²) in [6, 6.07) is 0. The first-order chi connectivity index (χ1) is 4.33. The average molecular weight is 148 g/mol. The zero-order valence-electron chi connectivity index (χ0n) is 4.72. The van der Waals surface area contributed by atoms with Crippen molar-refractivity contribution < 1.29 is 9.23 Å². The van der Waals surface area contributed by atoms with Gasteiger partial charge in [0.1, 0.15) is 0 Å². The van der Waals surface area contributed by atoms with Crippen LogP contribution >= 0.6 is 11.3 Å². The molecule has 0 saturated heterocycles. The number of nitrogens with one attached hydrogen (secondary N) is 1. The molecule has 0 bridgehead atoms. The van der Waals surface area contributed by atoms with Gasteiger partial charge in [-0.3, -0.25) is 4.84 Å². The Morgan fingerprint density at radius 2 is 2.67 bits per heavy atom. The van der Waals surface area contributed by atoms with Crippen molar-refractivity contribution in [3.63, 3.8) is 0 Å². The Morgan fingerprint density at radius 1 is 1.89 bits per heavy atom. The lowest BCUT2D eigenvalue weighted by Gasteiger charge is -1.92. The fourth-order valence-electron chi connectivity index (χ4n) is 0.389. The molecule has 0 saturated carbocycles. The predicted octanol–water partition coefficient (Wildman–Crippen LogP) is 1.26. The van der Waals surface area contributed by atoms with Crippen LogP contribution in [0.5, 0.6) is 0 Å². The molecule has 0 spiro atoms. The monoisotopic (exact) mass is 148 g/mol. The third-order valence-electron chi connectivity index (χ3n) is 0.667. The molecular formula is C4H5FN2OS. The van der Waals surface area contributed by atoms with Crippen LogP contribution in [0.2, 0.25) is 0 Å². The summed E-state index contributed by atoms with van der Waals surface area (Å²) in [6.45, 7) is 0. The van der Waals surface area contributed by atoms with Gasteiger partial charge in [-0.1, -0.05) is 11.3 Å². The second-order valence-electron chi connectivity index (χ2n) is 1.28. The number of hydrogen-bond acceptors (Lipinski definition) is 4. The Bertz CT molecular complexity index is 190. The zero-order valence-corrected chi connectivity index (χ0v) is 5.54. The molecule has 1 aromatic heterocycles. The van der Waals surface area contributed by atoms with Gasteiger partial charge in [-0.15, -0.1) is 0 Å². The minimum Gasteiger partial charge on any atom is -0.277 e. The smallest absolute Gasteiger partial charge is 0.209 e. The van der Waals surface area contributed by atoms with E-state index in [1.165, 1.54) is 7.11 Å². The molecule has 0 amide bonds. The summed E-state index contributed by atoms with van der Waals surface area (Å²) in [5.74, 6) is 0. The molecule has 1 N–H and O–H groups in total. The fourth-order valence-corrected chi connectivity index (χ4v) is 0.909. The van der Waals surface area contributed by atoms with Crippen LogP contribution in [0.4, 0.5) is 9.52 Å². The standard InChI is InChI=1S/C4H5FN2OS/c1-8-7-4-6-2-3(5)9-4/h2H,1H3,(H,6,7). The topological polar surface area (TPSA) is 34.1 Å². The second-order valence-corrected chi connectivity index (χ2v) is 2.26. The molecule has 5 heteroatoms. The Labute approximate surface area is 55.4 Å². The summed E-state index contributed by atoms with van der Waals surface area (Å²) in [4.78, 5) is 8.09. The highest BCUT2D eigenvalue weighted by Gasteiger charge is 1.96. The first-order valence-electron chi connectivity index (χ1n) is 2.23. The molecule has 0 aromatic carbocycles. The molecule has 3 nitrogen and oxygen atoms in total. The molecule has 0 aliphatic rings. The van der Waals surface area contributed by atoms with E-state index in [1.54, 1.807) is 0 Å². The molecule has 1 aromatic rings. The molecule has 0 unspecified atom stereocenters. The summed E-state index contributed by atoms with van der Waals surface area (Å²) in [7, 11) is 1.44. The lowest BCUT2D eigenvalue weighted by Crippen LogP contribution is -1.93. The lowest BCUT2D eigenvalue weighted by molar-refractivity contribution is 0.271. The van der Waals surface area contributed by atoms with E-state index in [0.29, 0.717) is 5.13 Å².